The maximum absolute atomic E-state index is 13.6. The molecule has 0 saturated heterocycles. The molecule has 6 N–H and O–H groups in total. The molecular formula is C34H25Cl2N3O9. The first kappa shape index (κ1) is 33.5. The van der Waals surface area contributed by atoms with Gasteiger partial charge in [-0.15, -0.1) is 0 Å². The van der Waals surface area contributed by atoms with E-state index in [1.54, 1.807) is 36.4 Å². The van der Waals surface area contributed by atoms with Gasteiger partial charge in [0.1, 0.15) is 23.3 Å². The predicted molar refractivity (Wildman–Crippen MR) is 175 cm³/mol. The van der Waals surface area contributed by atoms with Crippen molar-refractivity contribution in [3.8, 4) is 17.2 Å². The number of amides is 2. The lowest BCUT2D eigenvalue weighted by atomic mass is 10.1. The maximum atomic E-state index is 13.6. The summed E-state index contributed by atoms with van der Waals surface area (Å²) in [7, 11) is 0. The minimum atomic E-state index is -1.80. The SMILES string of the molecule is O=C(NCc1cccc(O)c1)c1cc(Cl)c(C(=O)NC(CC(=O)c2cc3ccccc3n2C(=O)c2cc(O)cc(O)c2)C(=O)O)c(Cl)c1. The van der Waals surface area contributed by atoms with Gasteiger partial charge in [0.2, 0.25) is 0 Å². The number of nitrogens with zero attached hydrogens (tertiary/aromatic N) is 1. The van der Waals surface area contributed by atoms with Crippen molar-refractivity contribution in [3.05, 3.63) is 123 Å². The number of nitrogens with one attached hydrogen (secondary N) is 2. The predicted octanol–water partition coefficient (Wildman–Crippen LogP) is 5.14. The number of halogens is 2. The Morgan fingerprint density at radius 3 is 2.04 bits per heavy atom. The number of carboxylic acids is 1. The molecule has 5 aromatic rings. The molecule has 0 aliphatic carbocycles. The molecule has 244 valence electrons. The van der Waals surface area contributed by atoms with E-state index in [1.165, 1.54) is 30.3 Å². The van der Waals surface area contributed by atoms with Gasteiger partial charge < -0.3 is 31.1 Å². The van der Waals surface area contributed by atoms with Crippen LogP contribution in [0.5, 0.6) is 17.2 Å². The molecule has 1 unspecified atom stereocenters. The van der Waals surface area contributed by atoms with Gasteiger partial charge in [0.15, 0.2) is 5.78 Å². The van der Waals surface area contributed by atoms with Gasteiger partial charge in [-0.3, -0.25) is 23.7 Å². The van der Waals surface area contributed by atoms with Crippen molar-refractivity contribution in [2.45, 2.75) is 19.0 Å². The first-order chi connectivity index (χ1) is 22.8. The van der Waals surface area contributed by atoms with Crippen LogP contribution < -0.4 is 10.6 Å². The Morgan fingerprint density at radius 1 is 0.729 bits per heavy atom. The van der Waals surface area contributed by atoms with Crippen LogP contribution in [0, 0.1) is 0 Å². The number of rotatable bonds is 10. The Hall–Kier alpha value is -5.85. The Morgan fingerprint density at radius 2 is 1.40 bits per heavy atom. The highest BCUT2D eigenvalue weighted by atomic mass is 35.5. The average molecular weight is 690 g/mol. The highest BCUT2D eigenvalue weighted by Gasteiger charge is 2.30. The zero-order chi connectivity index (χ0) is 34.7. The summed E-state index contributed by atoms with van der Waals surface area (Å²) in [5, 5.41) is 44.1. The number of carboxylic acid groups (broad SMARTS) is 1. The number of aromatic nitrogens is 1. The van der Waals surface area contributed by atoms with E-state index in [1.807, 2.05) is 0 Å². The van der Waals surface area contributed by atoms with Crippen LogP contribution in [-0.2, 0) is 11.3 Å². The minimum Gasteiger partial charge on any atom is -0.508 e. The zero-order valence-corrected chi connectivity index (χ0v) is 26.1. The molecule has 1 heterocycles. The van der Waals surface area contributed by atoms with Crippen LogP contribution in [-0.4, -0.2) is 60.5 Å². The number of carbonyl (C=O) groups excluding carboxylic acids is 4. The number of carbonyl (C=O) groups is 5. The monoisotopic (exact) mass is 689 g/mol. The molecule has 0 fully saturated rings. The molecule has 14 heteroatoms. The third-order valence-electron chi connectivity index (χ3n) is 7.24. The second kappa shape index (κ2) is 13.9. The third kappa shape index (κ3) is 7.25. The lowest BCUT2D eigenvalue weighted by Crippen LogP contribution is -2.42. The number of phenols is 3. The molecule has 5 rings (SSSR count). The highest BCUT2D eigenvalue weighted by Crippen LogP contribution is 2.29. The number of fused-ring (bicyclic) bond motifs is 1. The average Bonchev–Trinajstić information content (AvgIpc) is 3.42. The van der Waals surface area contributed by atoms with Gasteiger partial charge >= 0.3 is 5.97 Å². The molecule has 1 aromatic heterocycles. The summed E-state index contributed by atoms with van der Waals surface area (Å²) in [6.45, 7) is 0.0693. The number of aromatic hydroxyl groups is 3. The van der Waals surface area contributed by atoms with E-state index in [0.717, 1.165) is 22.8 Å². The summed E-state index contributed by atoms with van der Waals surface area (Å²) in [6, 6.07) is 17.9. The first-order valence-corrected chi connectivity index (χ1v) is 14.9. The molecule has 48 heavy (non-hydrogen) atoms. The van der Waals surface area contributed by atoms with Crippen molar-refractivity contribution in [3.63, 3.8) is 0 Å². The van der Waals surface area contributed by atoms with Gasteiger partial charge in [0.25, 0.3) is 17.7 Å². The topological polar surface area (TPSA) is 195 Å². The number of hydrogen-bond donors (Lipinski definition) is 6. The summed E-state index contributed by atoms with van der Waals surface area (Å²) in [6.07, 6.45) is -0.791. The van der Waals surface area contributed by atoms with Crippen molar-refractivity contribution in [2.75, 3.05) is 0 Å². The fourth-order valence-electron chi connectivity index (χ4n) is 5.02. The number of para-hydroxylation sites is 1. The van der Waals surface area contributed by atoms with E-state index in [2.05, 4.69) is 10.6 Å². The number of ketones is 1. The lowest BCUT2D eigenvalue weighted by Gasteiger charge is -2.16. The van der Waals surface area contributed by atoms with Crippen LogP contribution in [0.15, 0.2) is 84.9 Å². The van der Waals surface area contributed by atoms with E-state index < -0.39 is 53.4 Å². The summed E-state index contributed by atoms with van der Waals surface area (Å²) >= 11 is 12.6. The van der Waals surface area contributed by atoms with E-state index in [4.69, 9.17) is 23.2 Å². The van der Waals surface area contributed by atoms with Crippen molar-refractivity contribution < 1.29 is 44.4 Å². The van der Waals surface area contributed by atoms with Crippen LogP contribution in [0.3, 0.4) is 0 Å². The quantitative estimate of drug-likeness (QED) is 0.108. The van der Waals surface area contributed by atoms with Gasteiger partial charge in [-0.25, -0.2) is 4.79 Å². The Kier molecular flexibility index (Phi) is 9.69. The molecule has 1 atom stereocenters. The van der Waals surface area contributed by atoms with Crippen LogP contribution in [0.1, 0.15) is 53.5 Å². The summed E-state index contributed by atoms with van der Waals surface area (Å²) in [5.41, 5.74) is 0.232. The molecule has 0 aliphatic rings. The van der Waals surface area contributed by atoms with Gasteiger partial charge in [-0.05, 0) is 54.1 Å². The highest BCUT2D eigenvalue weighted by molar-refractivity contribution is 6.40. The molecule has 0 saturated carbocycles. The Labute approximate surface area is 281 Å². The summed E-state index contributed by atoms with van der Waals surface area (Å²) < 4.78 is 1.03. The van der Waals surface area contributed by atoms with E-state index in [9.17, 15) is 44.4 Å². The van der Waals surface area contributed by atoms with E-state index >= 15 is 0 Å². The van der Waals surface area contributed by atoms with Crippen LogP contribution in [0.2, 0.25) is 10.0 Å². The lowest BCUT2D eigenvalue weighted by molar-refractivity contribution is -0.139. The summed E-state index contributed by atoms with van der Waals surface area (Å²) in [5.74, 6) is -5.57. The molecule has 2 amide bonds. The number of Topliss-reactive ketones (excluding diaryl/α,β-unsaturated/α-hetero) is 1. The van der Waals surface area contributed by atoms with Gasteiger partial charge in [-0.2, -0.15) is 0 Å². The first-order valence-electron chi connectivity index (χ1n) is 14.1. The third-order valence-corrected chi connectivity index (χ3v) is 7.83. The van der Waals surface area contributed by atoms with Gasteiger partial charge in [0.05, 0.1) is 26.8 Å². The normalized spacial score (nSPS) is 11.5. The molecule has 0 bridgehead atoms. The number of hydrogen-bond acceptors (Lipinski definition) is 8. The molecular weight excluding hydrogens is 665 g/mol. The second-order valence-corrected chi connectivity index (χ2v) is 11.4. The van der Waals surface area contributed by atoms with Crippen molar-refractivity contribution >= 4 is 63.6 Å². The number of benzene rings is 4. The molecule has 12 nitrogen and oxygen atoms in total. The Bertz CT molecular complexity index is 2080. The fraction of sp³-hybridized carbons (Fsp3) is 0.0882. The molecule has 0 spiro atoms. The minimum absolute atomic E-state index is 0.00390. The van der Waals surface area contributed by atoms with E-state index in [-0.39, 0.29) is 44.7 Å². The largest absolute Gasteiger partial charge is 0.508 e. The standard InChI is InChI=1S/C34H25Cl2N3O9/c35-24-11-19(31(44)37-16-17-4-3-6-21(40)8-17)12-25(36)30(24)32(45)38-26(34(47)48)15-29(43)28-13-18-5-1-2-7-27(18)39(28)33(46)20-9-22(41)14-23(42)10-20/h1-14,26,40-42H,15-16H2,(H,37,44)(H,38,45)(H,47,48). The van der Waals surface area contributed by atoms with Crippen molar-refractivity contribution in [2.24, 2.45) is 0 Å². The summed E-state index contributed by atoms with van der Waals surface area (Å²) in [4.78, 5) is 65.3. The number of aliphatic carboxylic acids is 1. The number of phenolic OH excluding ortho intramolecular Hbond substituents is 3. The fourth-order valence-corrected chi connectivity index (χ4v) is 5.68. The zero-order valence-electron chi connectivity index (χ0n) is 24.6. The van der Waals surface area contributed by atoms with Crippen molar-refractivity contribution in [1.29, 1.82) is 0 Å². The smallest absolute Gasteiger partial charge is 0.326 e. The Balaban J connectivity index is 1.36. The molecule has 0 aliphatic heterocycles. The maximum Gasteiger partial charge on any atom is 0.326 e. The van der Waals surface area contributed by atoms with Crippen LogP contribution in [0.4, 0.5) is 0 Å². The van der Waals surface area contributed by atoms with Crippen molar-refractivity contribution in [1.82, 2.24) is 15.2 Å². The second-order valence-electron chi connectivity index (χ2n) is 10.6. The molecule has 0 radical (unpaired) electrons. The van der Waals surface area contributed by atoms with Gasteiger partial charge in [0, 0.05) is 35.5 Å². The van der Waals surface area contributed by atoms with Crippen LogP contribution >= 0.6 is 23.2 Å². The van der Waals surface area contributed by atoms with Crippen LogP contribution in [0.25, 0.3) is 10.9 Å². The van der Waals surface area contributed by atoms with Gasteiger partial charge in [-0.1, -0.05) is 53.5 Å². The molecule has 4 aromatic carbocycles. The van der Waals surface area contributed by atoms with E-state index in [0.29, 0.717) is 16.5 Å².